The van der Waals surface area contributed by atoms with Crippen molar-refractivity contribution >= 4 is 5.97 Å². The van der Waals surface area contributed by atoms with Crippen molar-refractivity contribution in [2.75, 3.05) is 0 Å². The average Bonchev–Trinajstić information content (AvgIpc) is 2.46. The van der Waals surface area contributed by atoms with E-state index in [1.807, 2.05) is 0 Å². The Bertz CT molecular complexity index is 179. The zero-order valence-electron chi connectivity index (χ0n) is 7.12. The Morgan fingerprint density at radius 1 is 1.33 bits per heavy atom. The predicted octanol–water partition coefficient (Wildman–Crippen LogP) is 0.992. The second-order valence-electron chi connectivity index (χ2n) is 3.94. The van der Waals surface area contributed by atoms with E-state index in [0.717, 1.165) is 6.42 Å². The van der Waals surface area contributed by atoms with Gasteiger partial charge in [-0.05, 0) is 25.2 Å². The van der Waals surface area contributed by atoms with Crippen molar-refractivity contribution in [2.24, 2.45) is 5.92 Å². The largest absolute Gasteiger partial charge is 0.480 e. The lowest BCUT2D eigenvalue weighted by Gasteiger charge is -2.24. The minimum atomic E-state index is -0.676. The number of nitrogens with one attached hydrogen (secondary N) is 1. The van der Waals surface area contributed by atoms with E-state index in [2.05, 4.69) is 5.32 Å². The molecule has 3 heteroatoms. The summed E-state index contributed by atoms with van der Waals surface area (Å²) in [5, 5.41) is 12.0. The van der Waals surface area contributed by atoms with Crippen molar-refractivity contribution in [3.8, 4) is 0 Å². The molecule has 0 bridgehead atoms. The highest BCUT2D eigenvalue weighted by molar-refractivity contribution is 5.74. The van der Waals surface area contributed by atoms with Gasteiger partial charge in [0.1, 0.15) is 6.04 Å². The Hall–Kier alpha value is -0.570. The molecule has 2 N–H and O–H groups in total. The number of carboxylic acid groups (broad SMARTS) is 1. The molecule has 2 fully saturated rings. The van der Waals surface area contributed by atoms with Crippen LogP contribution in [0.2, 0.25) is 0 Å². The molecule has 0 amide bonds. The van der Waals surface area contributed by atoms with Crippen LogP contribution in [0.1, 0.15) is 32.1 Å². The number of rotatable bonds is 1. The molecular formula is C9H15NO2. The lowest BCUT2D eigenvalue weighted by Crippen LogP contribution is -2.36. The van der Waals surface area contributed by atoms with Crippen LogP contribution in [0.5, 0.6) is 0 Å². The molecule has 1 saturated heterocycles. The lowest BCUT2D eigenvalue weighted by atomic mass is 9.85. The first-order valence-electron chi connectivity index (χ1n) is 4.76. The Labute approximate surface area is 72.2 Å². The van der Waals surface area contributed by atoms with Crippen LogP contribution in [-0.2, 0) is 4.79 Å². The molecule has 2 rings (SSSR count). The molecule has 1 aliphatic heterocycles. The Kier molecular flexibility index (Phi) is 2.05. The van der Waals surface area contributed by atoms with Gasteiger partial charge in [0, 0.05) is 6.04 Å². The van der Waals surface area contributed by atoms with E-state index in [4.69, 9.17) is 5.11 Å². The first kappa shape index (κ1) is 8.05. The van der Waals surface area contributed by atoms with Gasteiger partial charge in [-0.1, -0.05) is 12.8 Å². The summed E-state index contributed by atoms with van der Waals surface area (Å²) in [4.78, 5) is 10.7. The maximum Gasteiger partial charge on any atom is 0.320 e. The number of fused-ring (bicyclic) bond motifs is 1. The van der Waals surface area contributed by atoms with Crippen molar-refractivity contribution in [1.82, 2.24) is 5.32 Å². The van der Waals surface area contributed by atoms with Crippen LogP contribution in [0.3, 0.4) is 0 Å². The summed E-state index contributed by atoms with van der Waals surface area (Å²) in [5.41, 5.74) is 0. The zero-order chi connectivity index (χ0) is 8.55. The minimum Gasteiger partial charge on any atom is -0.480 e. The third-order valence-electron chi connectivity index (χ3n) is 3.16. The molecule has 3 nitrogen and oxygen atoms in total. The second-order valence-corrected chi connectivity index (χ2v) is 3.94. The highest BCUT2D eigenvalue weighted by Gasteiger charge is 2.37. The summed E-state index contributed by atoms with van der Waals surface area (Å²) in [6.45, 7) is 0. The summed E-state index contributed by atoms with van der Waals surface area (Å²) in [6.07, 6.45) is 5.80. The van der Waals surface area contributed by atoms with Gasteiger partial charge >= 0.3 is 5.97 Å². The highest BCUT2D eigenvalue weighted by Crippen LogP contribution is 2.32. The molecular weight excluding hydrogens is 154 g/mol. The smallest absolute Gasteiger partial charge is 0.320 e. The first-order valence-corrected chi connectivity index (χ1v) is 4.76. The number of carboxylic acids is 1. The van der Waals surface area contributed by atoms with Gasteiger partial charge in [0.2, 0.25) is 0 Å². The van der Waals surface area contributed by atoms with E-state index < -0.39 is 5.97 Å². The van der Waals surface area contributed by atoms with E-state index in [1.165, 1.54) is 25.7 Å². The monoisotopic (exact) mass is 169 g/mol. The van der Waals surface area contributed by atoms with Gasteiger partial charge in [0.25, 0.3) is 0 Å². The average molecular weight is 169 g/mol. The van der Waals surface area contributed by atoms with Gasteiger partial charge in [-0.15, -0.1) is 0 Å². The molecule has 12 heavy (non-hydrogen) atoms. The molecule has 0 aromatic heterocycles. The topological polar surface area (TPSA) is 49.3 Å². The summed E-state index contributed by atoms with van der Waals surface area (Å²) >= 11 is 0. The van der Waals surface area contributed by atoms with Crippen LogP contribution in [0.4, 0.5) is 0 Å². The molecule has 3 atom stereocenters. The van der Waals surface area contributed by atoms with Crippen molar-refractivity contribution in [3.05, 3.63) is 0 Å². The normalized spacial score (nSPS) is 40.8. The maximum absolute atomic E-state index is 10.7. The zero-order valence-corrected chi connectivity index (χ0v) is 7.12. The Morgan fingerprint density at radius 3 is 2.75 bits per heavy atom. The van der Waals surface area contributed by atoms with Crippen LogP contribution < -0.4 is 5.32 Å². The fraction of sp³-hybridized carbons (Fsp3) is 0.889. The third-order valence-corrected chi connectivity index (χ3v) is 3.16. The Balaban J connectivity index is 1.98. The van der Waals surface area contributed by atoms with Crippen molar-refractivity contribution in [1.29, 1.82) is 0 Å². The summed E-state index contributed by atoms with van der Waals surface area (Å²) in [7, 11) is 0. The maximum atomic E-state index is 10.7. The van der Waals surface area contributed by atoms with E-state index in [0.29, 0.717) is 12.0 Å². The van der Waals surface area contributed by atoms with Crippen LogP contribution in [0.15, 0.2) is 0 Å². The number of carbonyl (C=O) groups is 1. The number of hydrogen-bond donors (Lipinski definition) is 2. The van der Waals surface area contributed by atoms with Gasteiger partial charge in [-0.3, -0.25) is 4.79 Å². The van der Waals surface area contributed by atoms with Crippen LogP contribution in [0.25, 0.3) is 0 Å². The van der Waals surface area contributed by atoms with Gasteiger partial charge in [0.15, 0.2) is 0 Å². The van der Waals surface area contributed by atoms with Crippen LogP contribution in [0, 0.1) is 5.92 Å². The summed E-state index contributed by atoms with van der Waals surface area (Å²) in [6, 6.07) is 0.234. The van der Waals surface area contributed by atoms with Crippen molar-refractivity contribution < 1.29 is 9.90 Å². The molecule has 68 valence electrons. The molecule has 1 unspecified atom stereocenters. The molecule has 1 aliphatic carbocycles. The predicted molar refractivity (Wildman–Crippen MR) is 44.9 cm³/mol. The Morgan fingerprint density at radius 2 is 2.08 bits per heavy atom. The third kappa shape index (κ3) is 1.33. The number of aliphatic carboxylic acids is 1. The fourth-order valence-electron chi connectivity index (χ4n) is 2.51. The van der Waals surface area contributed by atoms with Gasteiger partial charge < -0.3 is 10.4 Å². The van der Waals surface area contributed by atoms with Gasteiger partial charge in [-0.2, -0.15) is 0 Å². The SMILES string of the molecule is O=C(O)C1C[C@H]2CCCC[C@H]2N1. The molecule has 2 aliphatic rings. The molecule has 1 heterocycles. The van der Waals surface area contributed by atoms with Gasteiger partial charge in [0.05, 0.1) is 0 Å². The summed E-state index contributed by atoms with van der Waals surface area (Å²) in [5.74, 6) is -0.0377. The standard InChI is InChI=1S/C9H15NO2/c11-9(12)8-5-6-3-1-2-4-7(6)10-8/h6-8,10H,1-5H2,(H,11,12)/t6-,7-,8?/m1/s1. The highest BCUT2D eigenvalue weighted by atomic mass is 16.4. The van der Waals surface area contributed by atoms with Crippen LogP contribution >= 0.6 is 0 Å². The summed E-state index contributed by atoms with van der Waals surface area (Å²) < 4.78 is 0. The van der Waals surface area contributed by atoms with E-state index in [9.17, 15) is 4.79 Å². The number of hydrogen-bond acceptors (Lipinski definition) is 2. The van der Waals surface area contributed by atoms with Crippen molar-refractivity contribution in [2.45, 2.75) is 44.2 Å². The molecule has 0 aromatic rings. The van der Waals surface area contributed by atoms with Crippen LogP contribution in [-0.4, -0.2) is 23.2 Å². The molecule has 0 radical (unpaired) electrons. The van der Waals surface area contributed by atoms with Gasteiger partial charge in [-0.25, -0.2) is 0 Å². The molecule has 0 spiro atoms. The molecule has 1 saturated carbocycles. The fourth-order valence-corrected chi connectivity index (χ4v) is 2.51. The minimum absolute atomic E-state index is 0.266. The lowest BCUT2D eigenvalue weighted by molar-refractivity contribution is -0.139. The van der Waals surface area contributed by atoms with E-state index in [-0.39, 0.29) is 6.04 Å². The quantitative estimate of drug-likeness (QED) is 0.615. The van der Waals surface area contributed by atoms with E-state index in [1.54, 1.807) is 0 Å². The second kappa shape index (κ2) is 3.05. The van der Waals surface area contributed by atoms with Crippen molar-refractivity contribution in [3.63, 3.8) is 0 Å². The first-order chi connectivity index (χ1) is 5.77. The molecule has 0 aromatic carbocycles. The van der Waals surface area contributed by atoms with E-state index >= 15 is 0 Å².